The Bertz CT molecular complexity index is 233. The van der Waals surface area contributed by atoms with Crippen molar-refractivity contribution in [2.24, 2.45) is 0 Å². The summed E-state index contributed by atoms with van der Waals surface area (Å²) in [6, 6.07) is 0. The van der Waals surface area contributed by atoms with E-state index >= 15 is 0 Å². The van der Waals surface area contributed by atoms with Crippen LogP contribution in [0.1, 0.15) is 0 Å². The van der Waals surface area contributed by atoms with E-state index < -0.39 is 11.9 Å². The Labute approximate surface area is 82.3 Å². The highest BCUT2D eigenvalue weighted by Crippen LogP contribution is 1.98. The summed E-state index contributed by atoms with van der Waals surface area (Å²) in [7, 11) is 0. The van der Waals surface area contributed by atoms with Crippen LogP contribution in [-0.2, 0) is 19.1 Å². The van der Waals surface area contributed by atoms with Crippen LogP contribution in [0.25, 0.3) is 0 Å². The zero-order chi connectivity index (χ0) is 10.4. The predicted octanol–water partition coefficient (Wildman–Crippen LogP) is -0.426. The van der Waals surface area contributed by atoms with Crippen molar-refractivity contribution >= 4 is 11.9 Å². The van der Waals surface area contributed by atoms with Crippen LogP contribution >= 0.6 is 0 Å². The van der Waals surface area contributed by atoms with Crippen molar-refractivity contribution in [3.8, 4) is 0 Å². The minimum absolute atomic E-state index is 0.0644. The summed E-state index contributed by atoms with van der Waals surface area (Å²) in [4.78, 5) is 23.9. The van der Waals surface area contributed by atoms with Crippen molar-refractivity contribution in [1.82, 2.24) is 4.90 Å². The molecule has 1 rings (SSSR count). The number of morpholine rings is 1. The van der Waals surface area contributed by atoms with Gasteiger partial charge in [0.15, 0.2) is 0 Å². The van der Waals surface area contributed by atoms with Crippen LogP contribution in [-0.4, -0.2) is 49.7 Å². The first kappa shape index (κ1) is 10.7. The number of esters is 1. The lowest BCUT2D eigenvalue weighted by molar-refractivity contribution is -0.161. The maximum Gasteiger partial charge on any atom is 0.397 e. The lowest BCUT2D eigenvalue weighted by Gasteiger charge is -2.25. The second-order valence-corrected chi connectivity index (χ2v) is 2.79. The molecule has 0 unspecified atom stereocenters. The second-order valence-electron chi connectivity index (χ2n) is 2.79. The number of carbonyl (C=O) groups is 2. The first-order chi connectivity index (χ1) is 6.75. The van der Waals surface area contributed by atoms with E-state index in [0.717, 1.165) is 0 Å². The highest BCUT2D eigenvalue weighted by Gasteiger charge is 2.24. The summed E-state index contributed by atoms with van der Waals surface area (Å²) in [6.45, 7) is 5.29. The zero-order valence-corrected chi connectivity index (χ0v) is 7.90. The van der Waals surface area contributed by atoms with E-state index in [2.05, 4.69) is 11.3 Å². The number of amides is 1. The number of hydrogen-bond acceptors (Lipinski definition) is 4. The number of rotatable bonds is 2. The molecular formula is C9H13NO4. The first-order valence-corrected chi connectivity index (χ1v) is 4.40. The van der Waals surface area contributed by atoms with Crippen LogP contribution in [0.15, 0.2) is 12.7 Å². The molecule has 14 heavy (non-hydrogen) atoms. The van der Waals surface area contributed by atoms with E-state index in [1.165, 1.54) is 11.0 Å². The molecule has 0 spiro atoms. The van der Waals surface area contributed by atoms with Crippen LogP contribution in [0.2, 0.25) is 0 Å². The van der Waals surface area contributed by atoms with E-state index in [-0.39, 0.29) is 6.61 Å². The maximum atomic E-state index is 11.4. The van der Waals surface area contributed by atoms with Crippen LogP contribution in [0.3, 0.4) is 0 Å². The molecule has 0 aromatic rings. The van der Waals surface area contributed by atoms with Crippen molar-refractivity contribution in [2.45, 2.75) is 0 Å². The minimum atomic E-state index is -0.827. The van der Waals surface area contributed by atoms with Crippen molar-refractivity contribution in [3.63, 3.8) is 0 Å². The summed E-state index contributed by atoms with van der Waals surface area (Å²) >= 11 is 0. The molecule has 78 valence electrons. The van der Waals surface area contributed by atoms with E-state index in [1.807, 2.05) is 0 Å². The van der Waals surface area contributed by atoms with E-state index in [1.54, 1.807) is 0 Å². The molecule has 0 atom stereocenters. The predicted molar refractivity (Wildman–Crippen MR) is 48.6 cm³/mol. The van der Waals surface area contributed by atoms with Crippen molar-refractivity contribution in [1.29, 1.82) is 0 Å². The van der Waals surface area contributed by atoms with Gasteiger partial charge in [0.25, 0.3) is 0 Å². The highest BCUT2D eigenvalue weighted by molar-refractivity contribution is 6.32. The summed E-state index contributed by atoms with van der Waals surface area (Å²) in [5.74, 6) is -1.43. The molecule has 0 aliphatic carbocycles. The van der Waals surface area contributed by atoms with E-state index in [4.69, 9.17) is 4.74 Å². The van der Waals surface area contributed by atoms with Crippen LogP contribution in [0.5, 0.6) is 0 Å². The second kappa shape index (κ2) is 5.39. The third kappa shape index (κ3) is 2.85. The third-order valence-electron chi connectivity index (χ3n) is 1.81. The molecule has 5 heteroatoms. The monoisotopic (exact) mass is 199 g/mol. The van der Waals surface area contributed by atoms with Gasteiger partial charge in [-0.25, -0.2) is 4.79 Å². The van der Waals surface area contributed by atoms with Gasteiger partial charge in [-0.15, -0.1) is 0 Å². The third-order valence-corrected chi connectivity index (χ3v) is 1.81. The van der Waals surface area contributed by atoms with Crippen LogP contribution in [0.4, 0.5) is 0 Å². The number of carbonyl (C=O) groups excluding carboxylic acids is 2. The van der Waals surface area contributed by atoms with Crippen molar-refractivity contribution in [2.75, 3.05) is 32.9 Å². The van der Waals surface area contributed by atoms with Crippen molar-refractivity contribution < 1.29 is 19.1 Å². The zero-order valence-electron chi connectivity index (χ0n) is 7.90. The first-order valence-electron chi connectivity index (χ1n) is 4.40. The molecule has 0 radical (unpaired) electrons. The Kier molecular flexibility index (Phi) is 4.12. The molecule has 0 aromatic carbocycles. The fourth-order valence-corrected chi connectivity index (χ4v) is 1.09. The van der Waals surface area contributed by atoms with E-state index in [0.29, 0.717) is 26.3 Å². The number of hydrogen-bond donors (Lipinski definition) is 0. The van der Waals surface area contributed by atoms with Gasteiger partial charge in [-0.2, -0.15) is 0 Å². The van der Waals surface area contributed by atoms with Crippen LogP contribution < -0.4 is 0 Å². The topological polar surface area (TPSA) is 55.8 Å². The molecule has 5 nitrogen and oxygen atoms in total. The molecular weight excluding hydrogens is 186 g/mol. The lowest BCUT2D eigenvalue weighted by atomic mass is 10.4. The molecule has 0 bridgehead atoms. The molecule has 1 aliphatic heterocycles. The van der Waals surface area contributed by atoms with Gasteiger partial charge in [0.2, 0.25) is 0 Å². The number of nitrogens with zero attached hydrogens (tertiary/aromatic N) is 1. The molecule has 1 amide bonds. The summed E-state index contributed by atoms with van der Waals surface area (Å²) in [6.07, 6.45) is 1.42. The lowest BCUT2D eigenvalue weighted by Crippen LogP contribution is -2.44. The number of ether oxygens (including phenoxy) is 2. The highest BCUT2D eigenvalue weighted by atomic mass is 16.5. The Morgan fingerprint density at radius 3 is 2.64 bits per heavy atom. The van der Waals surface area contributed by atoms with Gasteiger partial charge in [-0.05, 0) is 0 Å². The molecule has 0 saturated carbocycles. The largest absolute Gasteiger partial charge is 0.454 e. The van der Waals surface area contributed by atoms with Crippen molar-refractivity contribution in [3.05, 3.63) is 12.7 Å². The van der Waals surface area contributed by atoms with Gasteiger partial charge in [0.05, 0.1) is 13.2 Å². The summed E-state index contributed by atoms with van der Waals surface area (Å²) < 4.78 is 9.67. The van der Waals surface area contributed by atoms with Gasteiger partial charge in [0, 0.05) is 13.1 Å². The van der Waals surface area contributed by atoms with E-state index in [9.17, 15) is 9.59 Å². The summed E-state index contributed by atoms with van der Waals surface area (Å²) in [5, 5.41) is 0. The normalized spacial score (nSPS) is 16.1. The maximum absolute atomic E-state index is 11.4. The fourth-order valence-electron chi connectivity index (χ4n) is 1.09. The van der Waals surface area contributed by atoms with Gasteiger partial charge in [0.1, 0.15) is 6.61 Å². The van der Waals surface area contributed by atoms with Gasteiger partial charge in [-0.3, -0.25) is 4.79 Å². The smallest absolute Gasteiger partial charge is 0.397 e. The Hall–Kier alpha value is -1.36. The minimum Gasteiger partial charge on any atom is -0.454 e. The van der Waals surface area contributed by atoms with Crippen LogP contribution in [0, 0.1) is 0 Å². The average Bonchev–Trinajstić information content (AvgIpc) is 2.26. The fraction of sp³-hybridized carbons (Fsp3) is 0.556. The Balaban J connectivity index is 2.38. The Morgan fingerprint density at radius 2 is 2.07 bits per heavy atom. The molecule has 1 saturated heterocycles. The van der Waals surface area contributed by atoms with Gasteiger partial charge < -0.3 is 14.4 Å². The van der Waals surface area contributed by atoms with Gasteiger partial charge >= 0.3 is 11.9 Å². The molecule has 1 fully saturated rings. The average molecular weight is 199 g/mol. The summed E-state index contributed by atoms with van der Waals surface area (Å²) in [5.41, 5.74) is 0. The molecule has 0 N–H and O–H groups in total. The Morgan fingerprint density at radius 1 is 1.43 bits per heavy atom. The molecule has 1 aliphatic rings. The SMILES string of the molecule is C=CCOC(=O)C(=O)N1CCOCC1. The quantitative estimate of drug-likeness (QED) is 0.344. The standard InChI is InChI=1S/C9H13NO4/c1-2-5-14-9(12)8(11)10-3-6-13-7-4-10/h2H,1,3-7H2. The van der Waals surface area contributed by atoms with Gasteiger partial charge in [-0.1, -0.05) is 12.7 Å². The molecule has 1 heterocycles. The molecule has 0 aromatic heterocycles.